The van der Waals surface area contributed by atoms with Crippen LogP contribution in [0.4, 0.5) is 0 Å². The van der Waals surface area contributed by atoms with Gasteiger partial charge in [0, 0.05) is 0 Å². The van der Waals surface area contributed by atoms with Gasteiger partial charge in [-0.15, -0.1) is 5.10 Å². The van der Waals surface area contributed by atoms with Crippen molar-refractivity contribution in [3.8, 4) is 11.9 Å². The summed E-state index contributed by atoms with van der Waals surface area (Å²) in [6.07, 6.45) is 1.30. The summed E-state index contributed by atoms with van der Waals surface area (Å²) >= 11 is 0. The van der Waals surface area contributed by atoms with Crippen LogP contribution in [0.2, 0.25) is 0 Å². The zero-order chi connectivity index (χ0) is 12.8. The number of carbonyl (C=O) groups is 1. The minimum absolute atomic E-state index is 0.0102. The molecule has 0 unspecified atom stereocenters. The molecule has 0 fully saturated rings. The third kappa shape index (κ3) is 2.91. The van der Waals surface area contributed by atoms with Crippen molar-refractivity contribution in [1.82, 2.24) is 10.2 Å². The van der Waals surface area contributed by atoms with Gasteiger partial charge in [0.1, 0.15) is 11.6 Å². The molecule has 1 aromatic rings. The van der Waals surface area contributed by atoms with Crippen LogP contribution in [-0.2, 0) is 17.6 Å². The second-order valence-electron chi connectivity index (χ2n) is 3.31. The lowest BCUT2D eigenvalue weighted by atomic mass is 10.0. The molecule has 0 aliphatic carbocycles. The molecule has 90 valence electrons. The maximum atomic E-state index is 10.4. The number of carboxylic acid groups (broad SMARTS) is 1. The molecular formula is C11H13N3O3. The molecule has 0 bridgehead atoms. The van der Waals surface area contributed by atoms with E-state index in [0.29, 0.717) is 12.8 Å². The van der Waals surface area contributed by atoms with Crippen LogP contribution in [-0.4, -0.2) is 27.9 Å². The lowest BCUT2D eigenvalue weighted by Crippen LogP contribution is -2.13. The lowest BCUT2D eigenvalue weighted by molar-refractivity contribution is -0.139. The smallest absolute Gasteiger partial charge is 0.341 e. The van der Waals surface area contributed by atoms with Crippen LogP contribution in [0, 0.1) is 11.3 Å². The Bertz CT molecular complexity index is 466. The van der Waals surface area contributed by atoms with Crippen LogP contribution < -0.4 is 4.74 Å². The molecule has 0 aromatic carbocycles. The number of aromatic nitrogens is 2. The van der Waals surface area contributed by atoms with E-state index in [1.165, 1.54) is 0 Å². The average Bonchev–Trinajstić information content (AvgIpc) is 2.34. The normalized spacial score (nSPS) is 9.71. The van der Waals surface area contributed by atoms with Crippen molar-refractivity contribution in [3.05, 3.63) is 16.8 Å². The van der Waals surface area contributed by atoms with E-state index in [4.69, 9.17) is 15.1 Å². The summed E-state index contributed by atoms with van der Waals surface area (Å²) in [4.78, 5) is 10.4. The highest BCUT2D eigenvalue weighted by Crippen LogP contribution is 2.21. The molecule has 6 heteroatoms. The molecule has 6 nitrogen and oxygen atoms in total. The topological polar surface area (TPSA) is 96.1 Å². The van der Waals surface area contributed by atoms with Gasteiger partial charge in [-0.05, 0) is 18.4 Å². The molecule has 0 atom stereocenters. The fourth-order valence-corrected chi connectivity index (χ4v) is 1.50. The van der Waals surface area contributed by atoms with Crippen molar-refractivity contribution in [1.29, 1.82) is 5.26 Å². The van der Waals surface area contributed by atoms with E-state index in [0.717, 1.165) is 11.3 Å². The number of aliphatic carboxylic acids is 1. The van der Waals surface area contributed by atoms with E-state index < -0.39 is 12.6 Å². The van der Waals surface area contributed by atoms with Gasteiger partial charge in [0.25, 0.3) is 5.88 Å². The first-order valence-corrected chi connectivity index (χ1v) is 5.27. The Kier molecular flexibility index (Phi) is 4.40. The van der Waals surface area contributed by atoms with Gasteiger partial charge in [0.15, 0.2) is 6.61 Å². The minimum atomic E-state index is -1.12. The second-order valence-corrected chi connectivity index (χ2v) is 3.31. The zero-order valence-corrected chi connectivity index (χ0v) is 9.73. The molecule has 0 amide bonds. The summed E-state index contributed by atoms with van der Waals surface area (Å²) in [5.41, 5.74) is 1.79. The zero-order valence-electron chi connectivity index (χ0n) is 9.73. The maximum Gasteiger partial charge on any atom is 0.341 e. The summed E-state index contributed by atoms with van der Waals surface area (Å²) in [5, 5.41) is 25.3. The fraction of sp³-hybridized carbons (Fsp3) is 0.455. The summed E-state index contributed by atoms with van der Waals surface area (Å²) in [5.74, 6) is -1.13. The summed E-state index contributed by atoms with van der Waals surface area (Å²) in [6.45, 7) is 3.29. The van der Waals surface area contributed by atoms with E-state index in [9.17, 15) is 4.79 Å². The van der Waals surface area contributed by atoms with E-state index in [1.807, 2.05) is 19.9 Å². The van der Waals surface area contributed by atoms with Crippen LogP contribution in [0.25, 0.3) is 0 Å². The number of ether oxygens (including phenoxy) is 1. The Labute approximate surface area is 98.9 Å². The van der Waals surface area contributed by atoms with Gasteiger partial charge in [-0.1, -0.05) is 13.8 Å². The highest BCUT2D eigenvalue weighted by molar-refractivity contribution is 5.68. The van der Waals surface area contributed by atoms with E-state index >= 15 is 0 Å². The second kappa shape index (κ2) is 5.80. The largest absolute Gasteiger partial charge is 0.479 e. The van der Waals surface area contributed by atoms with Crippen molar-refractivity contribution < 1.29 is 14.6 Å². The maximum absolute atomic E-state index is 10.4. The predicted octanol–water partition coefficient (Wildman–Crippen LogP) is 0.936. The van der Waals surface area contributed by atoms with Crippen molar-refractivity contribution in [2.75, 3.05) is 6.61 Å². The standard InChI is InChI=1S/C11H13N3O3/c1-3-7-8(5-12)11(17-6-10(15)16)14-13-9(7)4-2/h3-4,6H2,1-2H3,(H,15,16). The Morgan fingerprint density at radius 2 is 2.12 bits per heavy atom. The van der Waals surface area contributed by atoms with E-state index in [-0.39, 0.29) is 11.4 Å². The highest BCUT2D eigenvalue weighted by Gasteiger charge is 2.15. The number of carboxylic acids is 1. The van der Waals surface area contributed by atoms with E-state index in [2.05, 4.69) is 10.2 Å². The summed E-state index contributed by atoms with van der Waals surface area (Å²) < 4.78 is 4.94. The van der Waals surface area contributed by atoms with Gasteiger partial charge >= 0.3 is 5.97 Å². The van der Waals surface area contributed by atoms with Crippen molar-refractivity contribution in [2.24, 2.45) is 0 Å². The molecule has 0 saturated heterocycles. The number of nitriles is 1. The van der Waals surface area contributed by atoms with Crippen LogP contribution >= 0.6 is 0 Å². The molecule has 1 rings (SSSR count). The van der Waals surface area contributed by atoms with Gasteiger partial charge in [-0.3, -0.25) is 0 Å². The Morgan fingerprint density at radius 3 is 2.59 bits per heavy atom. The Morgan fingerprint density at radius 1 is 1.41 bits per heavy atom. The van der Waals surface area contributed by atoms with Gasteiger partial charge in [-0.25, -0.2) is 4.79 Å². The first-order chi connectivity index (χ1) is 8.13. The molecule has 0 aliphatic rings. The highest BCUT2D eigenvalue weighted by atomic mass is 16.5. The fourth-order valence-electron chi connectivity index (χ4n) is 1.50. The van der Waals surface area contributed by atoms with Crippen LogP contribution in [0.5, 0.6) is 5.88 Å². The van der Waals surface area contributed by atoms with Crippen molar-refractivity contribution in [3.63, 3.8) is 0 Å². The first-order valence-electron chi connectivity index (χ1n) is 5.27. The minimum Gasteiger partial charge on any atom is -0.479 e. The van der Waals surface area contributed by atoms with Gasteiger partial charge in [0.05, 0.1) is 5.69 Å². The number of aryl methyl sites for hydroxylation is 1. The third-order valence-electron chi connectivity index (χ3n) is 2.26. The molecule has 1 aromatic heterocycles. The first kappa shape index (κ1) is 12.9. The lowest BCUT2D eigenvalue weighted by Gasteiger charge is -2.09. The molecule has 0 radical (unpaired) electrons. The van der Waals surface area contributed by atoms with Crippen molar-refractivity contribution in [2.45, 2.75) is 26.7 Å². The number of rotatable bonds is 5. The van der Waals surface area contributed by atoms with Crippen LogP contribution in [0.15, 0.2) is 0 Å². The van der Waals surface area contributed by atoms with E-state index in [1.54, 1.807) is 0 Å². The third-order valence-corrected chi connectivity index (χ3v) is 2.26. The summed E-state index contributed by atoms with van der Waals surface area (Å²) in [6, 6.07) is 1.99. The molecule has 0 spiro atoms. The SMILES string of the molecule is CCc1nnc(OCC(=O)O)c(C#N)c1CC. The van der Waals surface area contributed by atoms with Gasteiger partial charge < -0.3 is 9.84 Å². The summed E-state index contributed by atoms with van der Waals surface area (Å²) in [7, 11) is 0. The average molecular weight is 235 g/mol. The molecule has 1 N–H and O–H groups in total. The van der Waals surface area contributed by atoms with Crippen LogP contribution in [0.3, 0.4) is 0 Å². The molecule has 17 heavy (non-hydrogen) atoms. The predicted molar refractivity (Wildman–Crippen MR) is 58.6 cm³/mol. The number of hydrogen-bond acceptors (Lipinski definition) is 5. The molecule has 0 aliphatic heterocycles. The quantitative estimate of drug-likeness (QED) is 0.815. The Hall–Kier alpha value is -2.16. The molecule has 0 saturated carbocycles. The van der Waals surface area contributed by atoms with Gasteiger partial charge in [-0.2, -0.15) is 10.4 Å². The van der Waals surface area contributed by atoms with Crippen LogP contribution in [0.1, 0.15) is 30.7 Å². The van der Waals surface area contributed by atoms with Crippen molar-refractivity contribution >= 4 is 5.97 Å². The molecular weight excluding hydrogens is 222 g/mol. The molecule has 1 heterocycles. The Balaban J connectivity index is 3.15. The number of hydrogen-bond donors (Lipinski definition) is 1. The van der Waals surface area contributed by atoms with Gasteiger partial charge in [0.2, 0.25) is 0 Å². The number of nitrogens with zero attached hydrogens (tertiary/aromatic N) is 3. The monoisotopic (exact) mass is 235 g/mol.